The van der Waals surface area contributed by atoms with Crippen LogP contribution < -0.4 is 11.1 Å². The van der Waals surface area contributed by atoms with Crippen LogP contribution in [0.25, 0.3) is 0 Å². The molecule has 15 heavy (non-hydrogen) atoms. The molecule has 1 aromatic rings. The van der Waals surface area contributed by atoms with Crippen molar-refractivity contribution < 1.29 is 5.11 Å². The molecule has 0 atom stereocenters. The summed E-state index contributed by atoms with van der Waals surface area (Å²) in [5.41, 5.74) is 5.32. The predicted octanol–water partition coefficient (Wildman–Crippen LogP) is -0.794. The lowest BCUT2D eigenvalue weighted by molar-refractivity contribution is 0.311. The fourth-order valence-electron chi connectivity index (χ4n) is 0.906. The van der Waals surface area contributed by atoms with Crippen molar-refractivity contribution in [2.45, 2.75) is 0 Å². The first-order valence-corrected chi connectivity index (χ1v) is 4.05. The number of aliphatic hydroxyl groups is 1. The molecule has 0 spiro atoms. The van der Waals surface area contributed by atoms with Crippen LogP contribution in [0.5, 0.6) is 0 Å². The van der Waals surface area contributed by atoms with Crippen molar-refractivity contribution in [1.29, 1.82) is 10.5 Å². The molecule has 4 N–H and O–H groups in total. The average Bonchev–Trinajstić information content (AvgIpc) is 2.26. The molecule has 0 aliphatic rings. The number of nitrogen functional groups attached to an aromatic ring is 1. The van der Waals surface area contributed by atoms with Gasteiger partial charge in [-0.1, -0.05) is 0 Å². The number of nitriles is 2. The van der Waals surface area contributed by atoms with E-state index in [4.69, 9.17) is 21.4 Å². The summed E-state index contributed by atoms with van der Waals surface area (Å²) in [7, 11) is 0. The second kappa shape index (κ2) is 4.74. The largest absolute Gasteiger partial charge is 0.395 e. The van der Waals surface area contributed by atoms with Gasteiger partial charge in [-0.2, -0.15) is 10.5 Å². The normalized spacial score (nSPS) is 9.00. The molecule has 0 radical (unpaired) electrons. The number of nitrogens with two attached hydrogens (primary N) is 1. The van der Waals surface area contributed by atoms with Crippen LogP contribution in [-0.2, 0) is 0 Å². The van der Waals surface area contributed by atoms with Crippen molar-refractivity contribution in [2.24, 2.45) is 0 Å². The van der Waals surface area contributed by atoms with E-state index in [2.05, 4.69) is 15.3 Å². The van der Waals surface area contributed by atoms with Gasteiger partial charge in [0, 0.05) is 6.54 Å². The number of hydrogen-bond donors (Lipinski definition) is 3. The van der Waals surface area contributed by atoms with Gasteiger partial charge in [0.25, 0.3) is 0 Å². The smallest absolute Gasteiger partial charge is 0.184 e. The Morgan fingerprint density at radius 3 is 2.47 bits per heavy atom. The lowest BCUT2D eigenvalue weighted by atomic mass is 10.3. The molecular weight excluding hydrogens is 196 g/mol. The highest BCUT2D eigenvalue weighted by atomic mass is 16.3. The van der Waals surface area contributed by atoms with Crippen molar-refractivity contribution >= 4 is 11.6 Å². The van der Waals surface area contributed by atoms with Gasteiger partial charge in [0.1, 0.15) is 12.1 Å². The van der Waals surface area contributed by atoms with Crippen LogP contribution in [0.2, 0.25) is 0 Å². The van der Waals surface area contributed by atoms with Crippen LogP contribution in [0, 0.1) is 22.7 Å². The summed E-state index contributed by atoms with van der Waals surface area (Å²) in [6.45, 7) is 0.126. The van der Waals surface area contributed by atoms with Gasteiger partial charge >= 0.3 is 0 Å². The van der Waals surface area contributed by atoms with E-state index in [1.54, 1.807) is 12.1 Å². The third-order valence-corrected chi connectivity index (χ3v) is 1.54. The van der Waals surface area contributed by atoms with Gasteiger partial charge in [-0.25, -0.2) is 9.97 Å². The van der Waals surface area contributed by atoms with Crippen molar-refractivity contribution in [3.8, 4) is 12.1 Å². The topological polar surface area (TPSA) is 132 Å². The number of nitrogens with zero attached hydrogens (tertiary/aromatic N) is 4. The highest BCUT2D eigenvalue weighted by Gasteiger charge is 2.10. The molecule has 1 aromatic heterocycles. The van der Waals surface area contributed by atoms with Gasteiger partial charge < -0.3 is 16.2 Å². The number of aliphatic hydroxyl groups excluding tert-OH is 1. The molecule has 0 saturated carbocycles. The highest BCUT2D eigenvalue weighted by Crippen LogP contribution is 2.13. The van der Waals surface area contributed by atoms with E-state index in [9.17, 15) is 0 Å². The lowest BCUT2D eigenvalue weighted by Crippen LogP contribution is -2.11. The first kappa shape index (κ1) is 10.7. The van der Waals surface area contributed by atoms with E-state index in [-0.39, 0.29) is 36.2 Å². The molecule has 0 aliphatic heterocycles. The molecule has 0 aliphatic carbocycles. The van der Waals surface area contributed by atoms with Crippen molar-refractivity contribution in [1.82, 2.24) is 9.97 Å². The number of nitrogens with one attached hydrogen (secondary N) is 1. The average molecular weight is 204 g/mol. The molecular formula is C8H8N6O. The molecule has 0 aromatic carbocycles. The van der Waals surface area contributed by atoms with E-state index in [1.165, 1.54) is 0 Å². The molecule has 0 bridgehead atoms. The van der Waals surface area contributed by atoms with Crippen LogP contribution in [0.3, 0.4) is 0 Å². The first-order chi connectivity index (χ1) is 7.22. The minimum Gasteiger partial charge on any atom is -0.395 e. The standard InChI is InChI=1S/C8H8N6O/c9-3-5-7(11)14-8(12-1-2-15)6(4-10)13-5/h15H,1-2H2,(H3,11,12,14). The highest BCUT2D eigenvalue weighted by molar-refractivity contribution is 5.56. The zero-order valence-corrected chi connectivity index (χ0v) is 7.73. The maximum Gasteiger partial charge on any atom is 0.184 e. The SMILES string of the molecule is N#Cc1nc(C#N)c(NCCO)nc1N. The minimum atomic E-state index is -0.105. The molecule has 0 fully saturated rings. The van der Waals surface area contributed by atoms with Crippen LogP contribution >= 0.6 is 0 Å². The lowest BCUT2D eigenvalue weighted by Gasteiger charge is -2.05. The Bertz CT molecular complexity index is 444. The van der Waals surface area contributed by atoms with Crippen molar-refractivity contribution in [3.05, 3.63) is 11.4 Å². The summed E-state index contributed by atoms with van der Waals surface area (Å²) in [4.78, 5) is 7.51. The molecule has 7 heteroatoms. The summed E-state index contributed by atoms with van der Waals surface area (Å²) in [5.74, 6) is 0.125. The molecule has 0 unspecified atom stereocenters. The third-order valence-electron chi connectivity index (χ3n) is 1.54. The summed E-state index contributed by atoms with van der Waals surface area (Å²) >= 11 is 0. The van der Waals surface area contributed by atoms with Gasteiger partial charge in [0.15, 0.2) is 23.0 Å². The molecule has 1 rings (SSSR count). The third kappa shape index (κ3) is 2.30. The summed E-state index contributed by atoms with van der Waals surface area (Å²) in [5, 5.41) is 28.6. The van der Waals surface area contributed by atoms with Crippen LogP contribution in [-0.4, -0.2) is 28.2 Å². The first-order valence-electron chi connectivity index (χ1n) is 4.05. The molecule has 1 heterocycles. The zero-order valence-electron chi connectivity index (χ0n) is 7.73. The Kier molecular flexibility index (Phi) is 3.38. The molecule has 0 saturated heterocycles. The summed E-state index contributed by atoms with van der Waals surface area (Å²) in [6.07, 6.45) is 0. The van der Waals surface area contributed by atoms with E-state index in [1.807, 2.05) is 0 Å². The number of rotatable bonds is 3. The molecule has 76 valence electrons. The van der Waals surface area contributed by atoms with Crippen LogP contribution in [0.4, 0.5) is 11.6 Å². The predicted molar refractivity (Wildman–Crippen MR) is 51.4 cm³/mol. The fourth-order valence-corrected chi connectivity index (χ4v) is 0.906. The van der Waals surface area contributed by atoms with E-state index in [0.29, 0.717) is 0 Å². The Balaban J connectivity index is 3.12. The maximum absolute atomic E-state index is 8.72. The van der Waals surface area contributed by atoms with Crippen molar-refractivity contribution in [3.63, 3.8) is 0 Å². The number of anilines is 2. The number of aromatic nitrogens is 2. The van der Waals surface area contributed by atoms with Gasteiger partial charge in [0.05, 0.1) is 6.61 Å². The van der Waals surface area contributed by atoms with Crippen LogP contribution in [0.1, 0.15) is 11.4 Å². The zero-order chi connectivity index (χ0) is 11.3. The number of hydrogen-bond acceptors (Lipinski definition) is 7. The Morgan fingerprint density at radius 1 is 1.27 bits per heavy atom. The summed E-state index contributed by atoms with van der Waals surface area (Å²) < 4.78 is 0. The Morgan fingerprint density at radius 2 is 1.93 bits per heavy atom. The Hall–Kier alpha value is -2.38. The van der Waals surface area contributed by atoms with Gasteiger partial charge in [-0.15, -0.1) is 0 Å². The van der Waals surface area contributed by atoms with Gasteiger partial charge in [0.2, 0.25) is 0 Å². The fraction of sp³-hybridized carbons (Fsp3) is 0.250. The second-order valence-electron chi connectivity index (χ2n) is 2.53. The van der Waals surface area contributed by atoms with E-state index >= 15 is 0 Å². The van der Waals surface area contributed by atoms with Crippen molar-refractivity contribution in [2.75, 3.05) is 24.2 Å². The minimum absolute atomic E-state index is 0.0193. The van der Waals surface area contributed by atoms with E-state index in [0.717, 1.165) is 0 Å². The van der Waals surface area contributed by atoms with Gasteiger partial charge in [-0.3, -0.25) is 0 Å². The quantitative estimate of drug-likeness (QED) is 0.587. The van der Waals surface area contributed by atoms with E-state index < -0.39 is 0 Å². The maximum atomic E-state index is 8.72. The molecule has 0 amide bonds. The monoisotopic (exact) mass is 204 g/mol. The van der Waals surface area contributed by atoms with Gasteiger partial charge in [-0.05, 0) is 0 Å². The summed E-state index contributed by atoms with van der Waals surface area (Å²) in [6, 6.07) is 3.51. The van der Waals surface area contributed by atoms with Crippen LogP contribution in [0.15, 0.2) is 0 Å². The molecule has 7 nitrogen and oxygen atoms in total. The second-order valence-corrected chi connectivity index (χ2v) is 2.53. The Labute approximate surface area is 85.8 Å².